The number of carbonyl (C=O) groups is 2. The first kappa shape index (κ1) is 26.3. The number of nitro benzene ring substituents is 1. The van der Waals surface area contributed by atoms with Gasteiger partial charge in [0.05, 0.1) is 43.6 Å². The van der Waals surface area contributed by atoms with Crippen LogP contribution in [-0.2, 0) is 23.8 Å². The van der Waals surface area contributed by atoms with Gasteiger partial charge in [0, 0.05) is 23.8 Å². The van der Waals surface area contributed by atoms with Crippen LogP contribution in [0.5, 0.6) is 5.75 Å². The van der Waals surface area contributed by atoms with Crippen LogP contribution >= 0.6 is 0 Å². The Morgan fingerprint density at radius 3 is 2.50 bits per heavy atom. The number of methoxy groups -OCH3 is 2. The lowest BCUT2D eigenvalue weighted by molar-refractivity contribution is -0.384. The van der Waals surface area contributed by atoms with E-state index in [4.69, 9.17) is 14.2 Å². The molecule has 1 aliphatic rings. The number of aliphatic imine (C=N–C) groups is 1. The van der Waals surface area contributed by atoms with Gasteiger partial charge >= 0.3 is 11.9 Å². The molecule has 1 N–H and O–H groups in total. The van der Waals surface area contributed by atoms with Gasteiger partial charge < -0.3 is 19.3 Å². The van der Waals surface area contributed by atoms with E-state index in [0.29, 0.717) is 11.3 Å². The Hall–Kier alpha value is -4.31. The Morgan fingerprint density at radius 2 is 1.86 bits per heavy atom. The normalized spacial score (nSPS) is 17.6. The van der Waals surface area contributed by atoms with Crippen LogP contribution in [-0.4, -0.2) is 55.1 Å². The topological polar surface area (TPSA) is 138 Å². The van der Waals surface area contributed by atoms with Crippen molar-refractivity contribution in [3.8, 4) is 5.75 Å². The van der Waals surface area contributed by atoms with Crippen molar-refractivity contribution in [1.82, 2.24) is 0 Å². The van der Waals surface area contributed by atoms with Crippen LogP contribution in [0.1, 0.15) is 24.0 Å². The van der Waals surface area contributed by atoms with Crippen molar-refractivity contribution in [2.75, 3.05) is 27.4 Å². The van der Waals surface area contributed by atoms with E-state index in [1.165, 1.54) is 32.4 Å². The fraction of sp³-hybridized carbons (Fsp3) is 0.269. The molecule has 0 aliphatic carbocycles. The molecule has 2 aromatic rings. The summed E-state index contributed by atoms with van der Waals surface area (Å²) in [4.78, 5) is 40.9. The SMILES string of the molecule is COC(=O)C1=C(COCC=Cc2ccc(O)cc2)N=C(C)C(C(=O)OC)C1c1cccc([N+](=O)[O-])c1. The number of hydrogen-bond acceptors (Lipinski definition) is 9. The van der Waals surface area contributed by atoms with Gasteiger partial charge in [0.15, 0.2) is 0 Å². The number of nitro groups is 1. The third-order valence-corrected chi connectivity index (χ3v) is 5.67. The van der Waals surface area contributed by atoms with Gasteiger partial charge in [0.1, 0.15) is 11.7 Å². The molecule has 2 atom stereocenters. The second-order valence-corrected chi connectivity index (χ2v) is 7.94. The third-order valence-electron chi connectivity index (χ3n) is 5.67. The molecule has 10 heteroatoms. The summed E-state index contributed by atoms with van der Waals surface area (Å²) in [6, 6.07) is 12.4. The number of benzene rings is 2. The molecular weight excluding hydrogens is 468 g/mol. The molecule has 0 spiro atoms. The average molecular weight is 495 g/mol. The Balaban J connectivity index is 1.95. The number of rotatable bonds is 9. The zero-order valence-corrected chi connectivity index (χ0v) is 20.0. The highest BCUT2D eigenvalue weighted by molar-refractivity contribution is 6.07. The second-order valence-electron chi connectivity index (χ2n) is 7.94. The Bertz CT molecular complexity index is 1230. The first-order valence-corrected chi connectivity index (χ1v) is 11.0. The Labute approximate surface area is 207 Å². The predicted octanol–water partition coefficient (Wildman–Crippen LogP) is 3.80. The molecule has 1 aliphatic heterocycles. The van der Waals surface area contributed by atoms with E-state index in [2.05, 4.69) is 4.99 Å². The Kier molecular flexibility index (Phi) is 8.69. The number of carbonyl (C=O) groups excluding carboxylic acids is 2. The molecule has 3 rings (SSSR count). The van der Waals surface area contributed by atoms with Crippen molar-refractivity contribution in [3.05, 3.63) is 87.1 Å². The summed E-state index contributed by atoms with van der Waals surface area (Å²) >= 11 is 0. The zero-order chi connectivity index (χ0) is 26.2. The summed E-state index contributed by atoms with van der Waals surface area (Å²) < 4.78 is 15.7. The highest BCUT2D eigenvalue weighted by Gasteiger charge is 2.43. The Morgan fingerprint density at radius 1 is 1.14 bits per heavy atom. The van der Waals surface area contributed by atoms with Gasteiger partial charge in [0.2, 0.25) is 0 Å². The summed E-state index contributed by atoms with van der Waals surface area (Å²) in [6.07, 6.45) is 3.57. The number of ether oxygens (including phenoxy) is 3. The fourth-order valence-electron chi connectivity index (χ4n) is 4.01. The summed E-state index contributed by atoms with van der Waals surface area (Å²) in [7, 11) is 2.43. The van der Waals surface area contributed by atoms with Gasteiger partial charge in [-0.05, 0) is 30.2 Å². The van der Waals surface area contributed by atoms with E-state index in [1.54, 1.807) is 43.3 Å². The van der Waals surface area contributed by atoms with Gasteiger partial charge in [-0.15, -0.1) is 0 Å². The lowest BCUT2D eigenvalue weighted by Gasteiger charge is -2.31. The molecule has 0 amide bonds. The van der Waals surface area contributed by atoms with Crippen LogP contribution in [0.15, 0.2) is 70.9 Å². The van der Waals surface area contributed by atoms with Crippen molar-refractivity contribution in [1.29, 1.82) is 0 Å². The van der Waals surface area contributed by atoms with Crippen molar-refractivity contribution in [3.63, 3.8) is 0 Å². The molecule has 36 heavy (non-hydrogen) atoms. The minimum atomic E-state index is -0.982. The molecule has 0 aromatic heterocycles. The number of nitrogens with zero attached hydrogens (tertiary/aromatic N) is 2. The van der Waals surface area contributed by atoms with E-state index in [1.807, 2.05) is 6.08 Å². The summed E-state index contributed by atoms with van der Waals surface area (Å²) in [6.45, 7) is 1.75. The standard InChI is InChI=1S/C26H26N2O8/c1-16-22(25(30)34-2)23(18-7-4-8-19(14-18)28(32)33)24(26(31)35-3)21(27-16)15-36-13-5-6-17-9-11-20(29)12-10-17/h4-12,14,22-23,29H,13,15H2,1-3H3. The van der Waals surface area contributed by atoms with Gasteiger partial charge in [-0.2, -0.15) is 0 Å². The molecule has 0 saturated carbocycles. The molecule has 0 saturated heterocycles. The molecule has 0 bridgehead atoms. The van der Waals surface area contributed by atoms with Crippen molar-refractivity contribution in [2.45, 2.75) is 12.8 Å². The molecule has 1 heterocycles. The van der Waals surface area contributed by atoms with Crippen LogP contribution in [0.2, 0.25) is 0 Å². The minimum absolute atomic E-state index is 0.0684. The van der Waals surface area contributed by atoms with Gasteiger partial charge in [0.25, 0.3) is 5.69 Å². The molecule has 2 unspecified atom stereocenters. The molecule has 0 fully saturated rings. The summed E-state index contributed by atoms with van der Waals surface area (Å²) in [5.74, 6) is -3.10. The maximum absolute atomic E-state index is 12.9. The first-order chi connectivity index (χ1) is 17.3. The van der Waals surface area contributed by atoms with E-state index in [-0.39, 0.29) is 35.9 Å². The average Bonchev–Trinajstić information content (AvgIpc) is 2.88. The van der Waals surface area contributed by atoms with Crippen molar-refractivity contribution in [2.24, 2.45) is 10.9 Å². The second kappa shape index (κ2) is 11.9. The van der Waals surface area contributed by atoms with Crippen LogP contribution in [0.3, 0.4) is 0 Å². The first-order valence-electron chi connectivity index (χ1n) is 11.0. The van der Waals surface area contributed by atoms with Gasteiger partial charge in [-0.3, -0.25) is 19.9 Å². The maximum Gasteiger partial charge on any atom is 0.336 e. The zero-order valence-electron chi connectivity index (χ0n) is 20.0. The monoisotopic (exact) mass is 494 g/mol. The van der Waals surface area contributed by atoms with Crippen LogP contribution in [0.4, 0.5) is 5.69 Å². The van der Waals surface area contributed by atoms with Gasteiger partial charge in [-0.25, -0.2) is 4.79 Å². The maximum atomic E-state index is 12.9. The number of phenolic OH excluding ortho intramolecular Hbond substituents is 1. The van der Waals surface area contributed by atoms with E-state index < -0.39 is 28.7 Å². The van der Waals surface area contributed by atoms with Crippen molar-refractivity contribution < 1.29 is 33.8 Å². The smallest absolute Gasteiger partial charge is 0.336 e. The molecule has 188 valence electrons. The summed E-state index contributed by atoms with van der Waals surface area (Å²) in [5, 5.41) is 20.7. The number of esters is 2. The molecule has 0 radical (unpaired) electrons. The number of hydrogen-bond donors (Lipinski definition) is 1. The molecule has 10 nitrogen and oxygen atoms in total. The summed E-state index contributed by atoms with van der Waals surface area (Å²) in [5.41, 5.74) is 1.76. The largest absolute Gasteiger partial charge is 0.508 e. The number of phenols is 1. The fourth-order valence-corrected chi connectivity index (χ4v) is 4.01. The van der Waals surface area contributed by atoms with E-state index in [9.17, 15) is 24.8 Å². The quantitative estimate of drug-likeness (QED) is 0.240. The van der Waals surface area contributed by atoms with Crippen LogP contribution in [0, 0.1) is 16.0 Å². The van der Waals surface area contributed by atoms with Crippen LogP contribution in [0.25, 0.3) is 6.08 Å². The number of aromatic hydroxyl groups is 1. The van der Waals surface area contributed by atoms with Gasteiger partial charge in [-0.1, -0.05) is 36.4 Å². The lowest BCUT2D eigenvalue weighted by atomic mass is 9.75. The van der Waals surface area contributed by atoms with E-state index in [0.717, 1.165) is 5.56 Å². The third kappa shape index (κ3) is 6.02. The highest BCUT2D eigenvalue weighted by atomic mass is 16.6. The molecular formula is C26H26N2O8. The number of non-ortho nitro benzene ring substituents is 1. The predicted molar refractivity (Wildman–Crippen MR) is 131 cm³/mol. The van der Waals surface area contributed by atoms with E-state index >= 15 is 0 Å². The molecule has 2 aromatic carbocycles. The highest BCUT2D eigenvalue weighted by Crippen LogP contribution is 2.41. The van der Waals surface area contributed by atoms with Crippen LogP contribution < -0.4 is 0 Å². The lowest BCUT2D eigenvalue weighted by Crippen LogP contribution is -2.36. The minimum Gasteiger partial charge on any atom is -0.508 e. The van der Waals surface area contributed by atoms with Crippen molar-refractivity contribution >= 4 is 29.4 Å².